The van der Waals surface area contributed by atoms with Gasteiger partial charge in [0.1, 0.15) is 0 Å². The monoisotopic (exact) mass is 163 g/mol. The predicted octanol–water partition coefficient (Wildman–Crippen LogP) is 0.744. The van der Waals surface area contributed by atoms with E-state index >= 15 is 0 Å². The largest absolute Gasteiger partial charge is 0.396 e. The Bertz CT molecular complexity index is 322. The second kappa shape index (κ2) is 2.68. The van der Waals surface area contributed by atoms with Gasteiger partial charge in [0.15, 0.2) is 5.78 Å². The van der Waals surface area contributed by atoms with E-state index in [-0.39, 0.29) is 18.3 Å². The molecule has 0 spiro atoms. The maximum absolute atomic E-state index is 11.3. The number of aliphatic hydroxyl groups is 1. The van der Waals surface area contributed by atoms with Gasteiger partial charge in [0.2, 0.25) is 0 Å². The van der Waals surface area contributed by atoms with Gasteiger partial charge >= 0.3 is 0 Å². The molecule has 0 amide bonds. The highest BCUT2D eigenvalue weighted by atomic mass is 16.3. The van der Waals surface area contributed by atoms with Crippen LogP contribution in [-0.4, -0.2) is 22.5 Å². The Hall–Kier alpha value is -1.22. The SMILES string of the molecule is O=C1CC(CO)c2cnccc21. The van der Waals surface area contributed by atoms with Crippen LogP contribution in [0.5, 0.6) is 0 Å². The lowest BCUT2D eigenvalue weighted by atomic mass is 10.1. The molecule has 0 saturated heterocycles. The van der Waals surface area contributed by atoms with Crippen molar-refractivity contribution in [3.05, 3.63) is 29.6 Å². The van der Waals surface area contributed by atoms with Gasteiger partial charge in [-0.3, -0.25) is 9.78 Å². The van der Waals surface area contributed by atoms with Crippen molar-refractivity contribution in [2.24, 2.45) is 0 Å². The van der Waals surface area contributed by atoms with E-state index in [0.717, 1.165) is 11.1 Å². The van der Waals surface area contributed by atoms with E-state index in [0.29, 0.717) is 6.42 Å². The lowest BCUT2D eigenvalue weighted by molar-refractivity contribution is 0.0980. The minimum absolute atomic E-state index is 0.0267. The molecular weight excluding hydrogens is 154 g/mol. The predicted molar refractivity (Wildman–Crippen MR) is 43.0 cm³/mol. The lowest BCUT2D eigenvalue weighted by Crippen LogP contribution is -1.99. The number of hydrogen-bond acceptors (Lipinski definition) is 3. The molecule has 1 N–H and O–H groups in total. The highest BCUT2D eigenvalue weighted by molar-refractivity contribution is 6.01. The first kappa shape index (κ1) is 7.43. The van der Waals surface area contributed by atoms with Crippen molar-refractivity contribution in [3.8, 4) is 0 Å². The number of hydrogen-bond donors (Lipinski definition) is 1. The van der Waals surface area contributed by atoms with E-state index in [1.807, 2.05) is 0 Å². The van der Waals surface area contributed by atoms with Crippen LogP contribution in [0.4, 0.5) is 0 Å². The molecule has 12 heavy (non-hydrogen) atoms. The van der Waals surface area contributed by atoms with Crippen molar-refractivity contribution in [1.29, 1.82) is 0 Å². The summed E-state index contributed by atoms with van der Waals surface area (Å²) in [5, 5.41) is 8.95. The molecule has 0 aromatic carbocycles. The zero-order valence-corrected chi connectivity index (χ0v) is 6.53. The Morgan fingerprint density at radius 2 is 2.50 bits per heavy atom. The molecule has 1 aliphatic carbocycles. The van der Waals surface area contributed by atoms with Crippen LogP contribution >= 0.6 is 0 Å². The fourth-order valence-electron chi connectivity index (χ4n) is 1.59. The van der Waals surface area contributed by atoms with Crippen molar-refractivity contribution < 1.29 is 9.90 Å². The van der Waals surface area contributed by atoms with Crippen molar-refractivity contribution >= 4 is 5.78 Å². The summed E-state index contributed by atoms with van der Waals surface area (Å²) in [6.07, 6.45) is 3.70. The maximum Gasteiger partial charge on any atom is 0.163 e. The number of Topliss-reactive ketones (excluding diaryl/α,β-unsaturated/α-hetero) is 1. The molecule has 1 heterocycles. The summed E-state index contributed by atoms with van der Waals surface area (Å²) < 4.78 is 0. The number of rotatable bonds is 1. The topological polar surface area (TPSA) is 50.2 Å². The molecule has 1 aromatic rings. The van der Waals surface area contributed by atoms with Gasteiger partial charge in [-0.1, -0.05) is 0 Å². The third kappa shape index (κ3) is 0.940. The first-order valence-corrected chi connectivity index (χ1v) is 3.91. The number of ketones is 1. The minimum atomic E-state index is -0.0267. The number of carbonyl (C=O) groups is 1. The van der Waals surface area contributed by atoms with E-state index in [9.17, 15) is 4.79 Å². The lowest BCUT2D eigenvalue weighted by Gasteiger charge is -2.03. The first-order valence-electron chi connectivity index (χ1n) is 3.91. The molecule has 0 radical (unpaired) electrons. The number of pyridine rings is 1. The summed E-state index contributed by atoms with van der Waals surface area (Å²) in [7, 11) is 0. The molecule has 62 valence electrons. The van der Waals surface area contributed by atoms with Gasteiger partial charge < -0.3 is 5.11 Å². The van der Waals surface area contributed by atoms with Crippen LogP contribution in [0.25, 0.3) is 0 Å². The molecule has 0 saturated carbocycles. The van der Waals surface area contributed by atoms with E-state index in [2.05, 4.69) is 4.98 Å². The van der Waals surface area contributed by atoms with Crippen LogP contribution in [0.15, 0.2) is 18.5 Å². The number of carbonyl (C=O) groups excluding carboxylic acids is 1. The number of aromatic nitrogens is 1. The molecule has 0 fully saturated rings. The van der Waals surface area contributed by atoms with Crippen LogP contribution in [0.1, 0.15) is 28.3 Å². The summed E-state index contributed by atoms with van der Waals surface area (Å²) in [6.45, 7) is 0.0322. The van der Waals surface area contributed by atoms with E-state index < -0.39 is 0 Å². The van der Waals surface area contributed by atoms with Gasteiger partial charge in [0, 0.05) is 30.3 Å². The summed E-state index contributed by atoms with van der Waals surface area (Å²) in [4.78, 5) is 15.2. The average molecular weight is 163 g/mol. The molecule has 1 aromatic heterocycles. The quantitative estimate of drug-likeness (QED) is 0.664. The fourth-order valence-corrected chi connectivity index (χ4v) is 1.59. The first-order chi connectivity index (χ1) is 5.83. The summed E-state index contributed by atoms with van der Waals surface area (Å²) in [5.74, 6) is 0.0904. The van der Waals surface area contributed by atoms with E-state index in [1.165, 1.54) is 0 Å². The van der Waals surface area contributed by atoms with Gasteiger partial charge in [-0.05, 0) is 11.6 Å². The molecule has 0 bridgehead atoms. The van der Waals surface area contributed by atoms with Crippen LogP contribution in [0.2, 0.25) is 0 Å². The Kier molecular flexibility index (Phi) is 1.66. The molecule has 1 atom stereocenters. The van der Waals surface area contributed by atoms with Crippen LogP contribution < -0.4 is 0 Å². The Labute approximate surface area is 70.1 Å². The van der Waals surface area contributed by atoms with Gasteiger partial charge in [-0.2, -0.15) is 0 Å². The third-order valence-corrected chi connectivity index (χ3v) is 2.24. The standard InChI is InChI=1S/C9H9NO2/c11-5-6-3-9(12)7-1-2-10-4-8(6)7/h1-2,4,6,11H,3,5H2. The molecule has 1 unspecified atom stereocenters. The highest BCUT2D eigenvalue weighted by Crippen LogP contribution is 2.31. The second-order valence-corrected chi connectivity index (χ2v) is 2.97. The van der Waals surface area contributed by atoms with Crippen molar-refractivity contribution in [3.63, 3.8) is 0 Å². The smallest absolute Gasteiger partial charge is 0.163 e. The highest BCUT2D eigenvalue weighted by Gasteiger charge is 2.28. The summed E-state index contributed by atoms with van der Waals surface area (Å²) in [5.41, 5.74) is 1.62. The van der Waals surface area contributed by atoms with Gasteiger partial charge in [0.25, 0.3) is 0 Å². The van der Waals surface area contributed by atoms with E-state index in [4.69, 9.17) is 5.11 Å². The molecule has 2 rings (SSSR count). The van der Waals surface area contributed by atoms with Crippen molar-refractivity contribution in [2.75, 3.05) is 6.61 Å². The molecule has 1 aliphatic rings. The van der Waals surface area contributed by atoms with Crippen LogP contribution in [0.3, 0.4) is 0 Å². The minimum Gasteiger partial charge on any atom is -0.396 e. The Morgan fingerprint density at radius 1 is 1.67 bits per heavy atom. The zero-order chi connectivity index (χ0) is 8.55. The van der Waals surface area contributed by atoms with E-state index in [1.54, 1.807) is 18.5 Å². The summed E-state index contributed by atoms with van der Waals surface area (Å²) in [6, 6.07) is 1.72. The summed E-state index contributed by atoms with van der Waals surface area (Å²) >= 11 is 0. The Balaban J connectivity index is 2.50. The van der Waals surface area contributed by atoms with Gasteiger partial charge in [-0.25, -0.2) is 0 Å². The van der Waals surface area contributed by atoms with Gasteiger partial charge in [0.05, 0.1) is 6.61 Å². The zero-order valence-electron chi connectivity index (χ0n) is 6.53. The normalized spacial score (nSPS) is 21.1. The number of aliphatic hydroxyl groups excluding tert-OH is 1. The van der Waals surface area contributed by atoms with Crippen molar-refractivity contribution in [2.45, 2.75) is 12.3 Å². The van der Waals surface area contributed by atoms with Gasteiger partial charge in [-0.15, -0.1) is 0 Å². The van der Waals surface area contributed by atoms with Crippen LogP contribution in [0, 0.1) is 0 Å². The van der Waals surface area contributed by atoms with Crippen LogP contribution in [-0.2, 0) is 0 Å². The average Bonchev–Trinajstić information content (AvgIpc) is 2.44. The van der Waals surface area contributed by atoms with Crippen molar-refractivity contribution in [1.82, 2.24) is 4.98 Å². The number of nitrogens with zero attached hydrogens (tertiary/aromatic N) is 1. The molecular formula is C9H9NO2. The molecule has 3 heteroatoms. The Morgan fingerprint density at radius 3 is 3.25 bits per heavy atom. The molecule has 3 nitrogen and oxygen atoms in total. The maximum atomic E-state index is 11.3. The third-order valence-electron chi connectivity index (χ3n) is 2.24. The fraction of sp³-hybridized carbons (Fsp3) is 0.333. The number of fused-ring (bicyclic) bond motifs is 1. The molecule has 0 aliphatic heterocycles. The second-order valence-electron chi connectivity index (χ2n) is 2.97.